The van der Waals surface area contributed by atoms with Crippen LogP contribution in [0.15, 0.2) is 24.3 Å². The molecule has 0 bridgehead atoms. The van der Waals surface area contributed by atoms with Gasteiger partial charge in [-0.15, -0.1) is 0 Å². The molecule has 5 nitrogen and oxygen atoms in total. The Morgan fingerprint density at radius 2 is 2.05 bits per heavy atom. The third kappa shape index (κ3) is 4.21. The molecule has 1 saturated heterocycles. The van der Waals surface area contributed by atoms with E-state index in [0.29, 0.717) is 17.3 Å². The predicted molar refractivity (Wildman–Crippen MR) is 78.4 cm³/mol. The van der Waals surface area contributed by atoms with Gasteiger partial charge in [-0.1, -0.05) is 11.6 Å². The van der Waals surface area contributed by atoms with Crippen molar-refractivity contribution < 1.29 is 9.59 Å². The third-order valence-corrected chi connectivity index (χ3v) is 3.66. The van der Waals surface area contributed by atoms with Crippen molar-refractivity contribution >= 4 is 29.1 Å². The second-order valence-electron chi connectivity index (χ2n) is 5.03. The summed E-state index contributed by atoms with van der Waals surface area (Å²) in [7, 11) is 0. The van der Waals surface area contributed by atoms with E-state index in [-0.39, 0.29) is 24.3 Å². The highest BCUT2D eigenvalue weighted by Gasteiger charge is 2.24. The zero-order valence-corrected chi connectivity index (χ0v) is 11.9. The van der Waals surface area contributed by atoms with E-state index in [9.17, 15) is 9.59 Å². The molecule has 1 aromatic carbocycles. The van der Waals surface area contributed by atoms with E-state index in [1.807, 2.05) is 4.90 Å². The zero-order valence-electron chi connectivity index (χ0n) is 11.1. The summed E-state index contributed by atoms with van der Waals surface area (Å²) < 4.78 is 0. The molecule has 20 heavy (non-hydrogen) atoms. The third-order valence-electron chi connectivity index (χ3n) is 3.40. The average molecular weight is 296 g/mol. The normalized spacial score (nSPS) is 19.6. The van der Waals surface area contributed by atoms with Gasteiger partial charge >= 0.3 is 0 Å². The van der Waals surface area contributed by atoms with Gasteiger partial charge in [-0.3, -0.25) is 14.5 Å². The van der Waals surface area contributed by atoms with Gasteiger partial charge in [-0.05, 0) is 43.7 Å². The van der Waals surface area contributed by atoms with E-state index >= 15 is 0 Å². The van der Waals surface area contributed by atoms with Crippen LogP contribution >= 0.6 is 11.6 Å². The Labute approximate surface area is 123 Å². The highest BCUT2D eigenvalue weighted by atomic mass is 35.5. The number of carbonyl (C=O) groups excluding carboxylic acids is 2. The van der Waals surface area contributed by atoms with Gasteiger partial charge in [0.2, 0.25) is 11.8 Å². The van der Waals surface area contributed by atoms with Crippen LogP contribution in [0.25, 0.3) is 0 Å². The molecule has 108 valence electrons. The van der Waals surface area contributed by atoms with Crippen molar-refractivity contribution in [3.8, 4) is 0 Å². The van der Waals surface area contributed by atoms with Crippen LogP contribution in [0.2, 0.25) is 5.02 Å². The number of likely N-dealkylation sites (tertiary alicyclic amines) is 1. The molecule has 0 saturated carbocycles. The number of anilines is 1. The van der Waals surface area contributed by atoms with Gasteiger partial charge in [0.25, 0.3) is 0 Å². The van der Waals surface area contributed by atoms with E-state index in [1.54, 1.807) is 24.3 Å². The first-order valence-corrected chi connectivity index (χ1v) is 6.99. The molecular formula is C14H18ClN3O2. The molecule has 1 aromatic rings. The number of halogens is 1. The lowest BCUT2D eigenvalue weighted by Crippen LogP contribution is -2.44. The molecule has 2 amide bonds. The number of carbonyl (C=O) groups is 2. The summed E-state index contributed by atoms with van der Waals surface area (Å²) in [4.78, 5) is 25.1. The Balaban J connectivity index is 1.85. The van der Waals surface area contributed by atoms with Crippen molar-refractivity contribution in [3.05, 3.63) is 29.3 Å². The van der Waals surface area contributed by atoms with E-state index in [4.69, 9.17) is 17.3 Å². The lowest BCUT2D eigenvalue weighted by atomic mass is 9.97. The van der Waals surface area contributed by atoms with Crippen molar-refractivity contribution in [2.24, 2.45) is 11.7 Å². The molecule has 1 heterocycles. The molecule has 0 unspecified atom stereocenters. The molecular weight excluding hydrogens is 278 g/mol. The van der Waals surface area contributed by atoms with Crippen LogP contribution in [0.3, 0.4) is 0 Å². The molecule has 6 heteroatoms. The number of amides is 2. The zero-order chi connectivity index (χ0) is 14.5. The van der Waals surface area contributed by atoms with Crippen LogP contribution in [0.5, 0.6) is 0 Å². The van der Waals surface area contributed by atoms with Crippen LogP contribution in [0.4, 0.5) is 5.69 Å². The quantitative estimate of drug-likeness (QED) is 0.883. The Bertz CT molecular complexity index is 490. The maximum absolute atomic E-state index is 11.9. The molecule has 2 rings (SSSR count). The highest BCUT2D eigenvalue weighted by Crippen LogP contribution is 2.16. The first-order chi connectivity index (χ1) is 9.54. The molecule has 0 aliphatic carbocycles. The fourth-order valence-corrected chi connectivity index (χ4v) is 2.49. The van der Waals surface area contributed by atoms with Gasteiger partial charge in [0.15, 0.2) is 0 Å². The first-order valence-electron chi connectivity index (χ1n) is 6.61. The minimum Gasteiger partial charge on any atom is -0.369 e. The number of piperidine rings is 1. The molecule has 1 atom stereocenters. The molecule has 3 N–H and O–H groups in total. The van der Waals surface area contributed by atoms with Crippen molar-refractivity contribution in [1.82, 2.24) is 4.90 Å². The number of hydrogen-bond acceptors (Lipinski definition) is 3. The summed E-state index contributed by atoms with van der Waals surface area (Å²) in [5.41, 5.74) is 6.03. The Morgan fingerprint density at radius 1 is 1.35 bits per heavy atom. The van der Waals surface area contributed by atoms with Crippen molar-refractivity contribution in [1.29, 1.82) is 0 Å². The summed E-state index contributed by atoms with van der Waals surface area (Å²) in [6, 6.07) is 6.95. The average Bonchev–Trinajstić information content (AvgIpc) is 2.41. The van der Waals surface area contributed by atoms with Gasteiger partial charge in [-0.25, -0.2) is 0 Å². The van der Waals surface area contributed by atoms with Crippen LogP contribution in [-0.4, -0.2) is 36.3 Å². The topological polar surface area (TPSA) is 75.4 Å². The van der Waals surface area contributed by atoms with Crippen LogP contribution in [0, 0.1) is 5.92 Å². The Kier molecular flexibility index (Phi) is 4.98. The number of nitrogens with two attached hydrogens (primary N) is 1. The molecule has 1 fully saturated rings. The Morgan fingerprint density at radius 3 is 2.70 bits per heavy atom. The standard InChI is InChI=1S/C14H18ClN3O2/c15-11-3-5-12(6-4-11)17-13(19)9-18-7-1-2-10(8-18)14(16)20/h3-6,10H,1-2,7-9H2,(H2,16,20)(H,17,19)/t10-/m0/s1. The van der Waals surface area contributed by atoms with Gasteiger partial charge in [0.05, 0.1) is 12.5 Å². The number of hydrogen-bond donors (Lipinski definition) is 2. The fourth-order valence-electron chi connectivity index (χ4n) is 2.37. The summed E-state index contributed by atoms with van der Waals surface area (Å²) in [6.45, 7) is 1.65. The molecule has 0 radical (unpaired) electrons. The van der Waals surface area contributed by atoms with Gasteiger partial charge < -0.3 is 11.1 Å². The number of primary amides is 1. The SMILES string of the molecule is NC(=O)[C@H]1CCCN(CC(=O)Nc2ccc(Cl)cc2)C1. The van der Waals surface area contributed by atoms with E-state index < -0.39 is 0 Å². The second-order valence-corrected chi connectivity index (χ2v) is 5.47. The molecule has 0 spiro atoms. The summed E-state index contributed by atoms with van der Waals surface area (Å²) >= 11 is 5.78. The van der Waals surface area contributed by atoms with Crippen LogP contribution in [-0.2, 0) is 9.59 Å². The first kappa shape index (κ1) is 14.8. The second kappa shape index (κ2) is 6.72. The largest absolute Gasteiger partial charge is 0.369 e. The molecule has 1 aliphatic rings. The molecule has 1 aliphatic heterocycles. The van der Waals surface area contributed by atoms with Crippen molar-refractivity contribution in [2.45, 2.75) is 12.8 Å². The minimum absolute atomic E-state index is 0.0996. The number of nitrogens with zero attached hydrogens (tertiary/aromatic N) is 1. The lowest BCUT2D eigenvalue weighted by Gasteiger charge is -2.30. The summed E-state index contributed by atoms with van der Waals surface area (Å²) in [5, 5.41) is 3.43. The minimum atomic E-state index is -0.284. The fraction of sp³-hybridized carbons (Fsp3) is 0.429. The van der Waals surface area contributed by atoms with E-state index in [0.717, 1.165) is 19.4 Å². The van der Waals surface area contributed by atoms with Crippen LogP contribution in [0.1, 0.15) is 12.8 Å². The monoisotopic (exact) mass is 295 g/mol. The molecule has 0 aromatic heterocycles. The van der Waals surface area contributed by atoms with Crippen molar-refractivity contribution in [3.63, 3.8) is 0 Å². The predicted octanol–water partition coefficient (Wildman–Crippen LogP) is 1.48. The maximum Gasteiger partial charge on any atom is 0.238 e. The maximum atomic E-state index is 11.9. The number of benzene rings is 1. The van der Waals surface area contributed by atoms with Gasteiger partial charge in [0, 0.05) is 17.3 Å². The Hall–Kier alpha value is -1.59. The highest BCUT2D eigenvalue weighted by molar-refractivity contribution is 6.30. The van der Waals surface area contributed by atoms with E-state index in [2.05, 4.69) is 5.32 Å². The van der Waals surface area contributed by atoms with Gasteiger partial charge in [-0.2, -0.15) is 0 Å². The van der Waals surface area contributed by atoms with Gasteiger partial charge in [0.1, 0.15) is 0 Å². The lowest BCUT2D eigenvalue weighted by molar-refractivity contribution is -0.125. The van der Waals surface area contributed by atoms with E-state index in [1.165, 1.54) is 0 Å². The number of rotatable bonds is 4. The smallest absolute Gasteiger partial charge is 0.238 e. The van der Waals surface area contributed by atoms with Crippen molar-refractivity contribution in [2.75, 3.05) is 25.0 Å². The van der Waals surface area contributed by atoms with Crippen LogP contribution < -0.4 is 11.1 Å². The summed E-state index contributed by atoms with van der Waals surface area (Å²) in [5.74, 6) is -0.530. The summed E-state index contributed by atoms with van der Waals surface area (Å²) in [6.07, 6.45) is 1.70. The number of nitrogens with one attached hydrogen (secondary N) is 1.